The summed E-state index contributed by atoms with van der Waals surface area (Å²) in [6.45, 7) is 10.8. The molecule has 0 heterocycles. The van der Waals surface area contributed by atoms with Crippen molar-refractivity contribution in [1.82, 2.24) is 0 Å². The summed E-state index contributed by atoms with van der Waals surface area (Å²) in [6.07, 6.45) is 11.0. The lowest BCUT2D eigenvalue weighted by Crippen LogP contribution is -2.36. The molecule has 1 rings (SSSR count). The Morgan fingerprint density at radius 3 is 2.18 bits per heavy atom. The van der Waals surface area contributed by atoms with Crippen LogP contribution in [-0.4, -0.2) is 11.6 Å². The van der Waals surface area contributed by atoms with Crippen LogP contribution in [0.4, 0.5) is 0 Å². The zero-order valence-electron chi connectivity index (χ0n) is 15.4. The molecule has 0 amide bonds. The van der Waals surface area contributed by atoms with Gasteiger partial charge in [-0.15, -0.1) is 0 Å². The normalized spacial score (nSPS) is 17.5. The summed E-state index contributed by atoms with van der Waals surface area (Å²) in [5, 5.41) is 0. The van der Waals surface area contributed by atoms with E-state index >= 15 is 0 Å². The van der Waals surface area contributed by atoms with Crippen molar-refractivity contribution in [1.29, 1.82) is 0 Å². The number of unbranched alkanes of at least 4 members (excludes halogenated alkanes) is 2. The van der Waals surface area contributed by atoms with E-state index in [0.717, 1.165) is 12.8 Å². The second kappa shape index (κ2) is 8.90. The Labute approximate surface area is 137 Å². The van der Waals surface area contributed by atoms with Crippen molar-refractivity contribution in [2.24, 2.45) is 11.3 Å². The largest absolute Gasteiger partial charge is 0.342 e. The lowest BCUT2D eigenvalue weighted by Gasteiger charge is -2.34. The quantitative estimate of drug-likeness (QED) is 0.322. The third-order valence-corrected chi connectivity index (χ3v) is 4.75. The van der Waals surface area contributed by atoms with E-state index in [2.05, 4.69) is 20.8 Å². The molecule has 0 N–H and O–H groups in total. The van der Waals surface area contributed by atoms with Crippen LogP contribution in [0.2, 0.25) is 0 Å². The molecule has 0 radical (unpaired) electrons. The van der Waals surface area contributed by atoms with Crippen LogP contribution in [0.25, 0.3) is 0 Å². The Balaban J connectivity index is 2.14. The molecule has 0 aromatic rings. The van der Waals surface area contributed by atoms with Crippen LogP contribution in [0.1, 0.15) is 98.8 Å². The van der Waals surface area contributed by atoms with Crippen LogP contribution < -0.4 is 0 Å². The third-order valence-electron chi connectivity index (χ3n) is 4.75. The Morgan fingerprint density at radius 2 is 1.59 bits per heavy atom. The lowest BCUT2D eigenvalue weighted by atomic mass is 9.79. The van der Waals surface area contributed by atoms with Gasteiger partial charge >= 0.3 is 5.97 Å². The molecular formula is C19H36O3. The van der Waals surface area contributed by atoms with E-state index in [4.69, 9.17) is 9.78 Å². The van der Waals surface area contributed by atoms with Gasteiger partial charge in [-0.05, 0) is 50.9 Å². The molecule has 0 bridgehead atoms. The van der Waals surface area contributed by atoms with Crippen LogP contribution >= 0.6 is 0 Å². The minimum absolute atomic E-state index is 0.223. The van der Waals surface area contributed by atoms with Gasteiger partial charge in [0, 0.05) is 6.42 Å². The van der Waals surface area contributed by atoms with Gasteiger partial charge in [-0.2, -0.15) is 4.89 Å². The van der Waals surface area contributed by atoms with E-state index in [-0.39, 0.29) is 11.6 Å². The predicted molar refractivity (Wildman–Crippen MR) is 90.4 cm³/mol. The molecule has 1 aliphatic carbocycles. The fraction of sp³-hybridized carbons (Fsp3) is 0.947. The maximum Gasteiger partial charge on any atom is 0.342 e. The first-order valence-corrected chi connectivity index (χ1v) is 9.09. The van der Waals surface area contributed by atoms with Crippen LogP contribution in [0, 0.1) is 11.3 Å². The molecular weight excluding hydrogens is 276 g/mol. The van der Waals surface area contributed by atoms with Gasteiger partial charge in [0.1, 0.15) is 5.60 Å². The molecule has 3 nitrogen and oxygen atoms in total. The zero-order chi connectivity index (χ0) is 16.6. The summed E-state index contributed by atoms with van der Waals surface area (Å²) in [7, 11) is 0. The number of carbonyl (C=O) groups is 1. The smallest absolute Gasteiger partial charge is 0.298 e. The minimum Gasteiger partial charge on any atom is -0.298 e. The fourth-order valence-electron chi connectivity index (χ4n) is 3.16. The summed E-state index contributed by atoms with van der Waals surface area (Å²) < 4.78 is 0. The van der Waals surface area contributed by atoms with Crippen molar-refractivity contribution in [2.75, 3.05) is 0 Å². The van der Waals surface area contributed by atoms with Gasteiger partial charge in [0.15, 0.2) is 0 Å². The van der Waals surface area contributed by atoms with Crippen LogP contribution in [0.3, 0.4) is 0 Å². The average Bonchev–Trinajstić information content (AvgIpc) is 2.45. The molecule has 1 saturated carbocycles. The van der Waals surface area contributed by atoms with Crippen molar-refractivity contribution in [3.05, 3.63) is 0 Å². The van der Waals surface area contributed by atoms with Crippen LogP contribution in [-0.2, 0) is 14.6 Å². The highest BCUT2D eigenvalue weighted by Crippen LogP contribution is 2.34. The highest BCUT2D eigenvalue weighted by Gasteiger charge is 2.33. The SMILES string of the molecule is CC(C)(C)CCCCCC(=O)OOC(C)(C)C1CCCCC1. The highest BCUT2D eigenvalue weighted by atomic mass is 17.2. The Hall–Kier alpha value is -0.570. The van der Waals surface area contributed by atoms with E-state index < -0.39 is 0 Å². The lowest BCUT2D eigenvalue weighted by molar-refractivity contribution is -0.338. The molecule has 3 heteroatoms. The Morgan fingerprint density at radius 1 is 0.955 bits per heavy atom. The van der Waals surface area contributed by atoms with Gasteiger partial charge < -0.3 is 0 Å². The van der Waals surface area contributed by atoms with Crippen molar-refractivity contribution < 1.29 is 14.6 Å². The summed E-state index contributed by atoms with van der Waals surface area (Å²) >= 11 is 0. The molecule has 0 saturated heterocycles. The van der Waals surface area contributed by atoms with Gasteiger partial charge in [-0.25, -0.2) is 4.79 Å². The van der Waals surface area contributed by atoms with Gasteiger partial charge in [-0.3, -0.25) is 4.89 Å². The van der Waals surface area contributed by atoms with Crippen molar-refractivity contribution in [3.8, 4) is 0 Å². The molecule has 0 atom stereocenters. The molecule has 1 aliphatic rings. The van der Waals surface area contributed by atoms with E-state index in [1.54, 1.807) is 0 Å². The molecule has 0 aromatic carbocycles. The fourth-order valence-corrected chi connectivity index (χ4v) is 3.16. The van der Waals surface area contributed by atoms with Gasteiger partial charge in [0.2, 0.25) is 0 Å². The maximum absolute atomic E-state index is 11.8. The first-order chi connectivity index (χ1) is 10.2. The molecule has 1 fully saturated rings. The topological polar surface area (TPSA) is 35.5 Å². The second-order valence-electron chi connectivity index (χ2n) is 8.60. The molecule has 0 aliphatic heterocycles. The first kappa shape index (κ1) is 19.5. The van der Waals surface area contributed by atoms with Crippen LogP contribution in [0.5, 0.6) is 0 Å². The van der Waals surface area contributed by atoms with Crippen molar-refractivity contribution >= 4 is 5.97 Å². The number of rotatable bonds is 8. The van der Waals surface area contributed by atoms with Gasteiger partial charge in [0.25, 0.3) is 0 Å². The third kappa shape index (κ3) is 8.17. The molecule has 130 valence electrons. The summed E-state index contributed by atoms with van der Waals surface area (Å²) in [6, 6.07) is 0. The van der Waals surface area contributed by atoms with Crippen molar-refractivity contribution in [2.45, 2.75) is 104 Å². The minimum atomic E-state index is -0.359. The van der Waals surface area contributed by atoms with E-state index in [9.17, 15) is 4.79 Å². The maximum atomic E-state index is 11.8. The zero-order valence-corrected chi connectivity index (χ0v) is 15.4. The average molecular weight is 312 g/mol. The summed E-state index contributed by atoms with van der Waals surface area (Å²) in [4.78, 5) is 22.3. The van der Waals surface area contributed by atoms with Gasteiger partial charge in [0.05, 0.1) is 0 Å². The summed E-state index contributed by atoms with van der Waals surface area (Å²) in [5.74, 6) is 0.278. The second-order valence-corrected chi connectivity index (χ2v) is 8.60. The number of carbonyl (C=O) groups excluding carboxylic acids is 1. The van der Waals surface area contributed by atoms with E-state index in [0.29, 0.717) is 17.8 Å². The Kier molecular flexibility index (Phi) is 7.88. The molecule has 0 spiro atoms. The van der Waals surface area contributed by atoms with Gasteiger partial charge in [-0.1, -0.05) is 52.9 Å². The number of hydrogen-bond acceptors (Lipinski definition) is 3. The predicted octanol–water partition coefficient (Wildman–Crippen LogP) is 5.82. The standard InChI is InChI=1S/C19H36O3/c1-18(2,3)15-11-7-10-14-17(20)21-22-19(4,5)16-12-8-6-9-13-16/h16H,6-15H2,1-5H3. The van der Waals surface area contributed by atoms with Crippen molar-refractivity contribution in [3.63, 3.8) is 0 Å². The first-order valence-electron chi connectivity index (χ1n) is 9.09. The Bertz CT molecular complexity index is 322. The van der Waals surface area contributed by atoms with E-state index in [1.807, 2.05) is 13.8 Å². The molecule has 0 unspecified atom stereocenters. The van der Waals surface area contributed by atoms with Crippen LogP contribution in [0.15, 0.2) is 0 Å². The molecule has 0 aromatic heterocycles. The monoisotopic (exact) mass is 312 g/mol. The summed E-state index contributed by atoms with van der Waals surface area (Å²) in [5.41, 5.74) is 0.0238. The van der Waals surface area contributed by atoms with E-state index in [1.165, 1.54) is 44.9 Å². The molecule has 22 heavy (non-hydrogen) atoms. The highest BCUT2D eigenvalue weighted by molar-refractivity contribution is 5.68. The number of hydrogen-bond donors (Lipinski definition) is 0.